The van der Waals surface area contributed by atoms with Gasteiger partial charge >= 0.3 is 5.97 Å². The average molecular weight is 257 g/mol. The van der Waals surface area contributed by atoms with Crippen LogP contribution < -0.4 is 0 Å². The van der Waals surface area contributed by atoms with Crippen molar-refractivity contribution in [1.29, 1.82) is 0 Å². The minimum atomic E-state index is -0.908. The van der Waals surface area contributed by atoms with E-state index in [4.69, 9.17) is 5.11 Å². The highest BCUT2D eigenvalue weighted by Gasteiger charge is 2.13. The van der Waals surface area contributed by atoms with E-state index < -0.39 is 5.97 Å². The fraction of sp³-hybridized carbons (Fsp3) is 0.312. The Morgan fingerprint density at radius 2 is 2.05 bits per heavy atom. The smallest absolute Gasteiger partial charge is 0.328 e. The van der Waals surface area contributed by atoms with Gasteiger partial charge in [0.25, 0.3) is 0 Å². The third kappa shape index (κ3) is 2.41. The molecule has 0 unspecified atom stereocenters. The lowest BCUT2D eigenvalue weighted by molar-refractivity contribution is -0.131. The van der Waals surface area contributed by atoms with Gasteiger partial charge in [-0.25, -0.2) is 4.79 Å². The molecule has 0 aliphatic rings. The first-order valence-corrected chi connectivity index (χ1v) is 6.41. The van der Waals surface area contributed by atoms with Gasteiger partial charge in [0, 0.05) is 30.3 Å². The molecule has 0 aliphatic carbocycles. The van der Waals surface area contributed by atoms with Gasteiger partial charge in [-0.15, -0.1) is 0 Å². The predicted octanol–water partition coefficient (Wildman–Crippen LogP) is 3.79. The molecule has 3 nitrogen and oxygen atoms in total. The molecule has 0 saturated heterocycles. The largest absolute Gasteiger partial charge is 0.478 e. The molecule has 0 radical (unpaired) electrons. The molecule has 100 valence electrons. The second-order valence-electron chi connectivity index (χ2n) is 5.22. The Kier molecular flexibility index (Phi) is 3.47. The van der Waals surface area contributed by atoms with E-state index in [1.165, 1.54) is 17.2 Å². The quantitative estimate of drug-likeness (QED) is 0.850. The highest BCUT2D eigenvalue weighted by molar-refractivity contribution is 5.99. The number of fused-ring (bicyclic) bond motifs is 1. The van der Waals surface area contributed by atoms with Gasteiger partial charge in [-0.2, -0.15) is 0 Å². The highest BCUT2D eigenvalue weighted by atomic mass is 16.4. The maximum absolute atomic E-state index is 10.8. The molecule has 0 bridgehead atoms. The minimum Gasteiger partial charge on any atom is -0.478 e. The maximum atomic E-state index is 10.8. The topological polar surface area (TPSA) is 42.2 Å². The normalized spacial score (nSPS) is 12.4. The molecule has 2 aromatic rings. The summed E-state index contributed by atoms with van der Waals surface area (Å²) in [6, 6.07) is 6.22. The van der Waals surface area contributed by atoms with Crippen molar-refractivity contribution in [3.8, 4) is 0 Å². The summed E-state index contributed by atoms with van der Waals surface area (Å²) in [6.07, 6.45) is 3.27. The lowest BCUT2D eigenvalue weighted by atomic mass is 9.98. The summed E-state index contributed by atoms with van der Waals surface area (Å²) < 4.78 is 2.08. The summed E-state index contributed by atoms with van der Waals surface area (Å²) in [7, 11) is 2.01. The first-order valence-electron chi connectivity index (χ1n) is 6.41. The molecule has 0 aliphatic heterocycles. The maximum Gasteiger partial charge on any atom is 0.328 e. The number of allylic oxidation sites excluding steroid dienone is 1. The van der Waals surface area contributed by atoms with Crippen molar-refractivity contribution in [2.75, 3.05) is 0 Å². The van der Waals surface area contributed by atoms with Crippen molar-refractivity contribution < 1.29 is 9.90 Å². The molecule has 1 heterocycles. The van der Waals surface area contributed by atoms with Gasteiger partial charge < -0.3 is 9.67 Å². The summed E-state index contributed by atoms with van der Waals surface area (Å²) in [6.45, 7) is 6.17. The molecule has 1 N–H and O–H groups in total. The Hall–Kier alpha value is -2.03. The number of hydrogen-bond donors (Lipinski definition) is 1. The van der Waals surface area contributed by atoms with Crippen LogP contribution in [0.5, 0.6) is 0 Å². The Balaban J connectivity index is 2.73. The second kappa shape index (κ2) is 4.92. The zero-order chi connectivity index (χ0) is 14.2. The van der Waals surface area contributed by atoms with Crippen molar-refractivity contribution in [3.63, 3.8) is 0 Å². The molecule has 2 rings (SSSR count). The van der Waals surface area contributed by atoms with E-state index in [-0.39, 0.29) is 0 Å². The lowest BCUT2D eigenvalue weighted by Crippen LogP contribution is -1.93. The van der Waals surface area contributed by atoms with E-state index in [0.717, 1.165) is 16.5 Å². The number of aliphatic carboxylic acids is 1. The third-order valence-electron chi connectivity index (χ3n) is 3.42. The number of hydrogen-bond acceptors (Lipinski definition) is 1. The van der Waals surface area contributed by atoms with E-state index in [1.807, 2.05) is 26.2 Å². The monoisotopic (exact) mass is 257 g/mol. The van der Waals surface area contributed by atoms with Gasteiger partial charge in [-0.1, -0.05) is 32.0 Å². The Morgan fingerprint density at radius 3 is 2.63 bits per heavy atom. The predicted molar refractivity (Wildman–Crippen MR) is 78.3 cm³/mol. The van der Waals surface area contributed by atoms with Crippen molar-refractivity contribution in [2.45, 2.75) is 26.7 Å². The van der Waals surface area contributed by atoms with Crippen LogP contribution in [0, 0.1) is 0 Å². The Morgan fingerprint density at radius 1 is 1.37 bits per heavy atom. The SMILES string of the molecule is C/C(=C\C(=O)O)c1cn(C)c2c(C(C)C)cccc12. The van der Waals surface area contributed by atoms with Crippen LogP contribution in [0.2, 0.25) is 0 Å². The van der Waals surface area contributed by atoms with E-state index in [2.05, 4.69) is 30.5 Å². The van der Waals surface area contributed by atoms with Gasteiger partial charge in [0.2, 0.25) is 0 Å². The van der Waals surface area contributed by atoms with Gasteiger partial charge in [-0.3, -0.25) is 0 Å². The molecule has 0 amide bonds. The Bertz CT molecular complexity index is 663. The van der Waals surface area contributed by atoms with Crippen LogP contribution in [0.15, 0.2) is 30.5 Å². The number of rotatable bonds is 3. The Labute approximate surface area is 113 Å². The zero-order valence-corrected chi connectivity index (χ0v) is 11.8. The lowest BCUT2D eigenvalue weighted by Gasteiger charge is -2.09. The summed E-state index contributed by atoms with van der Waals surface area (Å²) in [5.41, 5.74) is 4.24. The summed E-state index contributed by atoms with van der Waals surface area (Å²) in [5, 5.41) is 10.00. The third-order valence-corrected chi connectivity index (χ3v) is 3.42. The number of nitrogens with zero attached hydrogens (tertiary/aromatic N) is 1. The van der Waals surface area contributed by atoms with Crippen LogP contribution in [-0.4, -0.2) is 15.6 Å². The number of benzene rings is 1. The molecular weight excluding hydrogens is 238 g/mol. The molecular formula is C16H19NO2. The van der Waals surface area contributed by atoms with Crippen LogP contribution in [0.3, 0.4) is 0 Å². The van der Waals surface area contributed by atoms with Gasteiger partial charge in [0.15, 0.2) is 0 Å². The standard InChI is InChI=1S/C16H19NO2/c1-10(2)12-6-5-7-13-14(9-17(4)16(12)13)11(3)8-15(18)19/h5-10H,1-4H3,(H,18,19)/b11-8+. The fourth-order valence-corrected chi connectivity index (χ4v) is 2.54. The van der Waals surface area contributed by atoms with E-state index in [1.54, 1.807) is 0 Å². The fourth-order valence-electron chi connectivity index (χ4n) is 2.54. The molecule has 0 spiro atoms. The molecule has 3 heteroatoms. The van der Waals surface area contributed by atoms with Crippen molar-refractivity contribution in [2.24, 2.45) is 7.05 Å². The van der Waals surface area contributed by atoms with Crippen LogP contribution in [0.25, 0.3) is 16.5 Å². The van der Waals surface area contributed by atoms with Gasteiger partial charge in [0.1, 0.15) is 0 Å². The number of para-hydroxylation sites is 1. The minimum absolute atomic E-state index is 0.439. The summed E-state index contributed by atoms with van der Waals surface area (Å²) in [4.78, 5) is 10.8. The number of aryl methyl sites for hydroxylation is 1. The molecule has 0 saturated carbocycles. The summed E-state index contributed by atoms with van der Waals surface area (Å²) in [5.74, 6) is -0.469. The number of carboxylic acids is 1. The van der Waals surface area contributed by atoms with Crippen molar-refractivity contribution in [1.82, 2.24) is 4.57 Å². The van der Waals surface area contributed by atoms with E-state index in [0.29, 0.717) is 5.92 Å². The molecule has 0 atom stereocenters. The second-order valence-corrected chi connectivity index (χ2v) is 5.22. The molecule has 0 fully saturated rings. The highest BCUT2D eigenvalue weighted by Crippen LogP contribution is 2.31. The van der Waals surface area contributed by atoms with Gasteiger partial charge in [0.05, 0.1) is 5.52 Å². The van der Waals surface area contributed by atoms with Crippen LogP contribution in [-0.2, 0) is 11.8 Å². The van der Waals surface area contributed by atoms with Crippen LogP contribution in [0.4, 0.5) is 0 Å². The average Bonchev–Trinajstić information content (AvgIpc) is 2.66. The van der Waals surface area contributed by atoms with Crippen molar-refractivity contribution >= 4 is 22.4 Å². The molecule has 19 heavy (non-hydrogen) atoms. The number of carboxylic acid groups (broad SMARTS) is 1. The first kappa shape index (κ1) is 13.4. The molecule has 1 aromatic carbocycles. The first-order chi connectivity index (χ1) is 8.91. The van der Waals surface area contributed by atoms with Crippen LogP contribution >= 0.6 is 0 Å². The number of carbonyl (C=O) groups is 1. The number of aromatic nitrogens is 1. The van der Waals surface area contributed by atoms with E-state index in [9.17, 15) is 4.79 Å². The summed E-state index contributed by atoms with van der Waals surface area (Å²) >= 11 is 0. The van der Waals surface area contributed by atoms with Gasteiger partial charge in [-0.05, 0) is 24.0 Å². The zero-order valence-electron chi connectivity index (χ0n) is 11.8. The molecule has 1 aromatic heterocycles. The van der Waals surface area contributed by atoms with Crippen LogP contribution in [0.1, 0.15) is 37.8 Å². The van der Waals surface area contributed by atoms with E-state index >= 15 is 0 Å². The van der Waals surface area contributed by atoms with Crippen molar-refractivity contribution in [3.05, 3.63) is 41.6 Å².